The molecule has 0 spiro atoms. The highest BCUT2D eigenvalue weighted by Gasteiger charge is 2.34. The highest BCUT2D eigenvalue weighted by molar-refractivity contribution is 5.77. The molecule has 1 saturated heterocycles. The van der Waals surface area contributed by atoms with Gasteiger partial charge in [-0.05, 0) is 40.5 Å². The van der Waals surface area contributed by atoms with Crippen LogP contribution >= 0.6 is 0 Å². The molecule has 3 nitrogen and oxygen atoms in total. The third-order valence-electron chi connectivity index (χ3n) is 3.15. The predicted octanol–water partition coefficient (Wildman–Crippen LogP) is 1.37. The lowest BCUT2D eigenvalue weighted by Gasteiger charge is -2.45. The second-order valence-electron chi connectivity index (χ2n) is 5.35. The Balaban J connectivity index is 2.69. The van der Waals surface area contributed by atoms with Gasteiger partial charge in [0.15, 0.2) is 0 Å². The molecule has 82 valence electrons. The Kier molecular flexibility index (Phi) is 3.20. The number of primary amides is 1. The van der Waals surface area contributed by atoms with E-state index in [4.69, 9.17) is 5.73 Å². The van der Waals surface area contributed by atoms with Crippen molar-refractivity contribution in [3.05, 3.63) is 0 Å². The fraction of sp³-hybridized carbons (Fsp3) is 0.909. The standard InChI is InChI=1S/C11H22N2O/c1-8-5-6-9(10(12)14)7-13(8)11(2,3)4/h8-9H,5-7H2,1-4H3,(H2,12,14)/t8-,9+/m1/s1. The van der Waals surface area contributed by atoms with Gasteiger partial charge >= 0.3 is 0 Å². The Morgan fingerprint density at radius 1 is 1.36 bits per heavy atom. The highest BCUT2D eigenvalue weighted by Crippen LogP contribution is 2.28. The lowest BCUT2D eigenvalue weighted by molar-refractivity contribution is -0.125. The molecule has 1 heterocycles. The highest BCUT2D eigenvalue weighted by atomic mass is 16.1. The molecule has 0 saturated carbocycles. The first-order chi connectivity index (χ1) is 6.32. The molecule has 2 N–H and O–H groups in total. The largest absolute Gasteiger partial charge is 0.369 e. The molecular formula is C11H22N2O. The van der Waals surface area contributed by atoms with Gasteiger partial charge in [0.2, 0.25) is 5.91 Å². The number of amides is 1. The van der Waals surface area contributed by atoms with Gasteiger partial charge in [0.25, 0.3) is 0 Å². The maximum absolute atomic E-state index is 11.1. The third kappa shape index (κ3) is 2.47. The third-order valence-corrected chi connectivity index (χ3v) is 3.15. The fourth-order valence-electron chi connectivity index (χ4n) is 2.27. The number of carbonyl (C=O) groups excluding carboxylic acids is 1. The summed E-state index contributed by atoms with van der Waals surface area (Å²) >= 11 is 0. The molecule has 0 aromatic rings. The Morgan fingerprint density at radius 2 is 1.93 bits per heavy atom. The van der Waals surface area contributed by atoms with Crippen LogP contribution in [0.2, 0.25) is 0 Å². The van der Waals surface area contributed by atoms with Crippen molar-refractivity contribution < 1.29 is 4.79 Å². The maximum Gasteiger partial charge on any atom is 0.221 e. The number of nitrogens with zero attached hydrogens (tertiary/aromatic N) is 1. The van der Waals surface area contributed by atoms with Gasteiger partial charge in [0.1, 0.15) is 0 Å². The number of rotatable bonds is 1. The van der Waals surface area contributed by atoms with Gasteiger partial charge in [-0.25, -0.2) is 0 Å². The maximum atomic E-state index is 11.1. The van der Waals surface area contributed by atoms with Gasteiger partial charge in [0.05, 0.1) is 5.92 Å². The molecule has 1 fully saturated rings. The van der Waals surface area contributed by atoms with E-state index in [9.17, 15) is 4.79 Å². The van der Waals surface area contributed by atoms with Gasteiger partial charge < -0.3 is 5.73 Å². The SMILES string of the molecule is C[C@@H]1CC[C@H](C(N)=O)CN1C(C)(C)C. The van der Waals surface area contributed by atoms with E-state index in [-0.39, 0.29) is 17.4 Å². The molecule has 1 aliphatic rings. The van der Waals surface area contributed by atoms with Crippen molar-refractivity contribution in [2.45, 2.75) is 52.1 Å². The van der Waals surface area contributed by atoms with Crippen molar-refractivity contribution in [1.82, 2.24) is 4.90 Å². The lowest BCUT2D eigenvalue weighted by Crippen LogP contribution is -2.53. The zero-order valence-electron chi connectivity index (χ0n) is 9.71. The van der Waals surface area contributed by atoms with E-state index in [0.717, 1.165) is 19.4 Å². The van der Waals surface area contributed by atoms with Crippen molar-refractivity contribution in [3.63, 3.8) is 0 Å². The zero-order chi connectivity index (χ0) is 10.9. The Labute approximate surface area is 86.6 Å². The fourth-order valence-corrected chi connectivity index (χ4v) is 2.27. The molecule has 0 aromatic carbocycles. The number of likely N-dealkylation sites (tertiary alicyclic amines) is 1. The molecule has 14 heavy (non-hydrogen) atoms. The second-order valence-corrected chi connectivity index (χ2v) is 5.35. The van der Waals surface area contributed by atoms with Crippen LogP contribution in [-0.2, 0) is 4.79 Å². The Bertz CT molecular complexity index is 220. The van der Waals surface area contributed by atoms with Crippen molar-refractivity contribution in [3.8, 4) is 0 Å². The molecule has 1 amide bonds. The first kappa shape index (κ1) is 11.5. The van der Waals surface area contributed by atoms with Crippen LogP contribution < -0.4 is 5.73 Å². The summed E-state index contributed by atoms with van der Waals surface area (Å²) < 4.78 is 0. The minimum atomic E-state index is -0.147. The van der Waals surface area contributed by atoms with Gasteiger partial charge in [-0.15, -0.1) is 0 Å². The molecular weight excluding hydrogens is 176 g/mol. The summed E-state index contributed by atoms with van der Waals surface area (Å²) in [6, 6.07) is 0.561. The van der Waals surface area contributed by atoms with Crippen LogP contribution in [0.3, 0.4) is 0 Å². The molecule has 0 unspecified atom stereocenters. The van der Waals surface area contributed by atoms with E-state index in [0.29, 0.717) is 6.04 Å². The van der Waals surface area contributed by atoms with Crippen molar-refractivity contribution in [1.29, 1.82) is 0 Å². The number of hydrogen-bond donors (Lipinski definition) is 1. The molecule has 3 heteroatoms. The predicted molar refractivity (Wildman–Crippen MR) is 57.8 cm³/mol. The summed E-state index contributed by atoms with van der Waals surface area (Å²) in [6.07, 6.45) is 2.02. The van der Waals surface area contributed by atoms with Crippen LogP contribution in [0.25, 0.3) is 0 Å². The van der Waals surface area contributed by atoms with Crippen molar-refractivity contribution >= 4 is 5.91 Å². The summed E-state index contributed by atoms with van der Waals surface area (Å²) in [7, 11) is 0. The monoisotopic (exact) mass is 198 g/mol. The van der Waals surface area contributed by atoms with Crippen LogP contribution in [0.15, 0.2) is 0 Å². The first-order valence-electron chi connectivity index (χ1n) is 5.38. The van der Waals surface area contributed by atoms with Crippen molar-refractivity contribution in [2.75, 3.05) is 6.54 Å². The number of hydrogen-bond acceptors (Lipinski definition) is 2. The molecule has 1 rings (SSSR count). The summed E-state index contributed by atoms with van der Waals surface area (Å²) in [6.45, 7) is 9.61. The summed E-state index contributed by atoms with van der Waals surface area (Å²) in [5, 5.41) is 0. The molecule has 2 atom stereocenters. The molecule has 0 bridgehead atoms. The number of piperidine rings is 1. The van der Waals surface area contributed by atoms with E-state index >= 15 is 0 Å². The van der Waals surface area contributed by atoms with Gasteiger partial charge in [-0.1, -0.05) is 0 Å². The Hall–Kier alpha value is -0.570. The van der Waals surface area contributed by atoms with Crippen LogP contribution in [0.1, 0.15) is 40.5 Å². The number of carbonyl (C=O) groups is 1. The van der Waals surface area contributed by atoms with Gasteiger partial charge in [-0.3, -0.25) is 9.69 Å². The van der Waals surface area contributed by atoms with Crippen LogP contribution in [0, 0.1) is 5.92 Å². The summed E-state index contributed by atoms with van der Waals surface area (Å²) in [5.41, 5.74) is 5.49. The average Bonchev–Trinajstić information content (AvgIpc) is 2.02. The van der Waals surface area contributed by atoms with Gasteiger partial charge in [0, 0.05) is 18.1 Å². The van der Waals surface area contributed by atoms with Crippen LogP contribution in [0.4, 0.5) is 0 Å². The lowest BCUT2D eigenvalue weighted by atomic mass is 9.89. The van der Waals surface area contributed by atoms with Gasteiger partial charge in [-0.2, -0.15) is 0 Å². The molecule has 0 radical (unpaired) electrons. The van der Waals surface area contributed by atoms with E-state index in [1.165, 1.54) is 0 Å². The zero-order valence-corrected chi connectivity index (χ0v) is 9.71. The van der Waals surface area contributed by atoms with E-state index < -0.39 is 0 Å². The number of nitrogens with two attached hydrogens (primary N) is 1. The molecule has 1 aliphatic heterocycles. The smallest absolute Gasteiger partial charge is 0.221 e. The summed E-state index contributed by atoms with van der Waals surface area (Å²) in [5.74, 6) is -0.100. The first-order valence-corrected chi connectivity index (χ1v) is 5.38. The van der Waals surface area contributed by atoms with E-state index in [2.05, 4.69) is 32.6 Å². The minimum absolute atomic E-state index is 0.0467. The van der Waals surface area contributed by atoms with Crippen molar-refractivity contribution in [2.24, 2.45) is 11.7 Å². The Morgan fingerprint density at radius 3 is 2.36 bits per heavy atom. The second kappa shape index (κ2) is 3.89. The molecule has 0 aliphatic carbocycles. The van der Waals surface area contributed by atoms with Crippen LogP contribution in [-0.4, -0.2) is 28.9 Å². The summed E-state index contributed by atoms with van der Waals surface area (Å²) in [4.78, 5) is 13.5. The normalized spacial score (nSPS) is 30.3. The quantitative estimate of drug-likeness (QED) is 0.691. The average molecular weight is 198 g/mol. The van der Waals surface area contributed by atoms with Crippen LogP contribution in [0.5, 0.6) is 0 Å². The van der Waals surface area contributed by atoms with E-state index in [1.807, 2.05) is 0 Å². The minimum Gasteiger partial charge on any atom is -0.369 e. The van der Waals surface area contributed by atoms with E-state index in [1.54, 1.807) is 0 Å². The molecule has 0 aromatic heterocycles. The topological polar surface area (TPSA) is 46.3 Å².